The summed E-state index contributed by atoms with van der Waals surface area (Å²) in [6.45, 7) is 1.58. The van der Waals surface area contributed by atoms with Crippen molar-refractivity contribution in [1.82, 2.24) is 9.88 Å². The number of pyridine rings is 1. The zero-order valence-electron chi connectivity index (χ0n) is 16.0. The second kappa shape index (κ2) is 8.40. The van der Waals surface area contributed by atoms with E-state index in [-0.39, 0.29) is 18.6 Å². The topological polar surface area (TPSA) is 51.7 Å². The van der Waals surface area contributed by atoms with Gasteiger partial charge in [0.2, 0.25) is 5.91 Å². The van der Waals surface area contributed by atoms with E-state index in [0.717, 1.165) is 40.6 Å². The van der Waals surface area contributed by atoms with E-state index < -0.39 is 0 Å². The largest absolute Gasteiger partial charge is 0.490 e. The molecule has 1 aliphatic heterocycles. The minimum absolute atomic E-state index is 0.0503. The number of nitrogens with zero attached hydrogens (tertiary/aromatic N) is 2. The molecule has 1 aliphatic rings. The van der Waals surface area contributed by atoms with Crippen LogP contribution < -0.4 is 4.74 Å². The van der Waals surface area contributed by atoms with E-state index >= 15 is 0 Å². The predicted octanol–water partition coefficient (Wildman–Crippen LogP) is 3.92. The van der Waals surface area contributed by atoms with Crippen LogP contribution in [0.1, 0.15) is 12.8 Å². The van der Waals surface area contributed by atoms with Crippen LogP contribution in [0.25, 0.3) is 22.0 Å². The molecule has 4 rings (SSSR count). The molecule has 1 amide bonds. The lowest BCUT2D eigenvalue weighted by molar-refractivity contribution is -0.136. The zero-order valence-corrected chi connectivity index (χ0v) is 16.0. The smallest absolute Gasteiger partial charge is 0.248 e. The molecule has 0 N–H and O–H groups in total. The molecule has 0 aliphatic carbocycles. The number of aromatic nitrogens is 1. The molecule has 1 fully saturated rings. The fourth-order valence-corrected chi connectivity index (χ4v) is 3.59. The van der Waals surface area contributed by atoms with Gasteiger partial charge in [-0.1, -0.05) is 30.3 Å². The van der Waals surface area contributed by atoms with E-state index in [9.17, 15) is 4.79 Å². The van der Waals surface area contributed by atoms with E-state index in [1.54, 1.807) is 7.11 Å². The molecule has 0 saturated carbocycles. The minimum atomic E-state index is 0.0503. The van der Waals surface area contributed by atoms with Gasteiger partial charge in [-0.3, -0.25) is 9.78 Å². The highest BCUT2D eigenvalue weighted by atomic mass is 16.5. The van der Waals surface area contributed by atoms with Gasteiger partial charge in [0.05, 0.1) is 5.52 Å². The van der Waals surface area contributed by atoms with Crippen molar-refractivity contribution in [3.8, 4) is 16.9 Å². The SMILES string of the molecule is COCC(=O)N1CCC(Oc2ccc(-c3cnc4ccccc4c3)cc2)CC1. The van der Waals surface area contributed by atoms with Crippen molar-refractivity contribution in [2.75, 3.05) is 26.8 Å². The highest BCUT2D eigenvalue weighted by molar-refractivity contribution is 5.83. The number of fused-ring (bicyclic) bond motifs is 1. The molecule has 3 aromatic rings. The third kappa shape index (κ3) is 4.15. The molecule has 144 valence electrons. The molecule has 0 spiro atoms. The molecule has 1 aromatic heterocycles. The molecule has 0 atom stereocenters. The van der Waals surface area contributed by atoms with Crippen molar-refractivity contribution in [2.24, 2.45) is 0 Å². The fraction of sp³-hybridized carbons (Fsp3) is 0.304. The highest BCUT2D eigenvalue weighted by Crippen LogP contribution is 2.26. The highest BCUT2D eigenvalue weighted by Gasteiger charge is 2.23. The average molecular weight is 376 g/mol. The Labute approximate surface area is 164 Å². The third-order valence-corrected chi connectivity index (χ3v) is 5.14. The Morgan fingerprint density at radius 2 is 1.82 bits per heavy atom. The van der Waals surface area contributed by atoms with E-state index in [2.05, 4.69) is 29.2 Å². The first-order valence-corrected chi connectivity index (χ1v) is 9.61. The first-order chi connectivity index (χ1) is 13.7. The van der Waals surface area contributed by atoms with Gasteiger partial charge in [0.1, 0.15) is 18.5 Å². The fourth-order valence-electron chi connectivity index (χ4n) is 3.59. The number of piperidine rings is 1. The van der Waals surface area contributed by atoms with Gasteiger partial charge in [0.25, 0.3) is 0 Å². The van der Waals surface area contributed by atoms with Crippen LogP contribution in [0.3, 0.4) is 0 Å². The monoisotopic (exact) mass is 376 g/mol. The van der Waals surface area contributed by atoms with Gasteiger partial charge < -0.3 is 14.4 Å². The Morgan fingerprint density at radius 3 is 2.57 bits per heavy atom. The predicted molar refractivity (Wildman–Crippen MR) is 109 cm³/mol. The Kier molecular flexibility index (Phi) is 5.53. The molecule has 2 aromatic carbocycles. The number of likely N-dealkylation sites (tertiary alicyclic amines) is 1. The molecule has 2 heterocycles. The van der Waals surface area contributed by atoms with Crippen LogP contribution in [0.5, 0.6) is 5.75 Å². The summed E-state index contributed by atoms with van der Waals surface area (Å²) in [6.07, 6.45) is 3.72. The number of carbonyl (C=O) groups excluding carboxylic acids is 1. The van der Waals surface area contributed by atoms with Gasteiger partial charge >= 0.3 is 0 Å². The number of ether oxygens (including phenoxy) is 2. The molecule has 5 heteroatoms. The summed E-state index contributed by atoms with van der Waals surface area (Å²) < 4.78 is 11.0. The van der Waals surface area contributed by atoms with Gasteiger partial charge in [0, 0.05) is 50.2 Å². The Hall–Kier alpha value is -2.92. The number of rotatable bonds is 5. The van der Waals surface area contributed by atoms with Crippen molar-refractivity contribution < 1.29 is 14.3 Å². The van der Waals surface area contributed by atoms with Gasteiger partial charge in [-0.15, -0.1) is 0 Å². The molecule has 1 saturated heterocycles. The number of amides is 1. The molecular weight excluding hydrogens is 352 g/mol. The Bertz CT molecular complexity index is 947. The Balaban J connectivity index is 1.38. The molecule has 0 radical (unpaired) electrons. The maximum Gasteiger partial charge on any atom is 0.248 e. The lowest BCUT2D eigenvalue weighted by Gasteiger charge is -2.32. The summed E-state index contributed by atoms with van der Waals surface area (Å²) in [4.78, 5) is 18.3. The van der Waals surface area contributed by atoms with Crippen LogP contribution >= 0.6 is 0 Å². The van der Waals surface area contributed by atoms with Crippen molar-refractivity contribution in [3.05, 3.63) is 60.8 Å². The summed E-state index contributed by atoms with van der Waals surface area (Å²) in [5.41, 5.74) is 3.21. The van der Waals surface area contributed by atoms with Crippen LogP contribution in [0.4, 0.5) is 0 Å². The summed E-state index contributed by atoms with van der Waals surface area (Å²) >= 11 is 0. The quantitative estimate of drug-likeness (QED) is 0.677. The number of carbonyl (C=O) groups is 1. The summed E-state index contributed by atoms with van der Waals surface area (Å²) in [5.74, 6) is 0.911. The number of para-hydroxylation sites is 1. The van der Waals surface area contributed by atoms with Crippen LogP contribution in [0.2, 0.25) is 0 Å². The summed E-state index contributed by atoms with van der Waals surface area (Å²) in [7, 11) is 1.55. The van der Waals surface area contributed by atoms with Crippen molar-refractivity contribution in [2.45, 2.75) is 18.9 Å². The lowest BCUT2D eigenvalue weighted by atomic mass is 10.0. The standard InChI is InChI=1S/C23H24N2O3/c1-27-16-23(26)25-12-10-21(11-13-25)28-20-8-6-17(7-9-20)19-14-18-4-2-3-5-22(18)24-15-19/h2-9,14-15,21H,10-13,16H2,1H3. The van der Waals surface area contributed by atoms with Gasteiger partial charge in [-0.25, -0.2) is 0 Å². The number of benzene rings is 2. The first kappa shape index (κ1) is 18.4. The van der Waals surface area contributed by atoms with Crippen molar-refractivity contribution >= 4 is 16.8 Å². The molecule has 0 bridgehead atoms. The number of methoxy groups -OCH3 is 1. The van der Waals surface area contributed by atoms with Crippen LogP contribution in [-0.4, -0.2) is 48.7 Å². The lowest BCUT2D eigenvalue weighted by Crippen LogP contribution is -2.43. The normalized spacial score (nSPS) is 15.0. The zero-order chi connectivity index (χ0) is 19.3. The van der Waals surface area contributed by atoms with E-state index in [1.807, 2.05) is 41.4 Å². The molecule has 5 nitrogen and oxygen atoms in total. The van der Waals surface area contributed by atoms with Crippen LogP contribution in [0, 0.1) is 0 Å². The maximum atomic E-state index is 11.9. The second-order valence-electron chi connectivity index (χ2n) is 7.07. The van der Waals surface area contributed by atoms with E-state index in [1.165, 1.54) is 0 Å². The maximum absolute atomic E-state index is 11.9. The summed E-state index contributed by atoms with van der Waals surface area (Å²) in [6, 6.07) is 18.4. The first-order valence-electron chi connectivity index (χ1n) is 9.61. The second-order valence-corrected chi connectivity index (χ2v) is 7.07. The van der Waals surface area contributed by atoms with Crippen LogP contribution in [0.15, 0.2) is 60.8 Å². The third-order valence-electron chi connectivity index (χ3n) is 5.14. The van der Waals surface area contributed by atoms with Gasteiger partial charge in [0.15, 0.2) is 0 Å². The van der Waals surface area contributed by atoms with Crippen LogP contribution in [-0.2, 0) is 9.53 Å². The summed E-state index contributed by atoms with van der Waals surface area (Å²) in [5, 5.41) is 1.13. The number of hydrogen-bond acceptors (Lipinski definition) is 4. The Morgan fingerprint density at radius 1 is 1.07 bits per heavy atom. The average Bonchev–Trinajstić information content (AvgIpc) is 2.75. The van der Waals surface area contributed by atoms with Gasteiger partial charge in [-0.2, -0.15) is 0 Å². The molecular formula is C23H24N2O3. The van der Waals surface area contributed by atoms with Crippen molar-refractivity contribution in [1.29, 1.82) is 0 Å². The molecule has 28 heavy (non-hydrogen) atoms. The molecule has 0 unspecified atom stereocenters. The van der Waals surface area contributed by atoms with Gasteiger partial charge in [-0.05, 0) is 29.8 Å². The van der Waals surface area contributed by atoms with E-state index in [4.69, 9.17) is 9.47 Å². The van der Waals surface area contributed by atoms with E-state index in [0.29, 0.717) is 13.1 Å². The van der Waals surface area contributed by atoms with Crippen molar-refractivity contribution in [3.63, 3.8) is 0 Å². The minimum Gasteiger partial charge on any atom is -0.490 e. The number of hydrogen-bond donors (Lipinski definition) is 0.